The number of nitrogens with zero attached hydrogens (tertiary/aromatic N) is 1. The highest BCUT2D eigenvalue weighted by atomic mass is 127. The molecule has 110 valence electrons. The number of H-pyrrole nitrogens is 1. The molecule has 3 rings (SSSR count). The Morgan fingerprint density at radius 1 is 1.14 bits per heavy atom. The maximum absolute atomic E-state index is 12.1. The van der Waals surface area contributed by atoms with E-state index < -0.39 is 0 Å². The predicted octanol–water partition coefficient (Wildman–Crippen LogP) is 3.61. The second-order valence-corrected chi connectivity index (χ2v) is 6.11. The zero-order chi connectivity index (χ0) is 15.4. The molecule has 22 heavy (non-hydrogen) atoms. The van der Waals surface area contributed by atoms with Crippen molar-refractivity contribution in [3.8, 4) is 11.3 Å². The van der Waals surface area contributed by atoms with Crippen LogP contribution >= 0.6 is 22.6 Å². The standard InChI is InChI=1S/C17H14IN3O/c18-15-3-1-2-14(10-15)17(22)19-11-12-4-6-13(7-5-12)16-8-9-20-21-16/h1-10H,11H2,(H,19,22)(H,20,21). The van der Waals surface area contributed by atoms with Crippen molar-refractivity contribution in [1.82, 2.24) is 15.5 Å². The first-order valence-corrected chi connectivity index (χ1v) is 7.93. The average Bonchev–Trinajstić information content (AvgIpc) is 3.07. The van der Waals surface area contributed by atoms with Crippen molar-refractivity contribution in [2.45, 2.75) is 6.54 Å². The molecule has 0 fully saturated rings. The van der Waals surface area contributed by atoms with Gasteiger partial charge in [0.25, 0.3) is 5.91 Å². The predicted molar refractivity (Wildman–Crippen MR) is 94.4 cm³/mol. The Kier molecular flexibility index (Phi) is 4.53. The number of nitrogens with one attached hydrogen (secondary N) is 2. The molecule has 0 unspecified atom stereocenters. The number of hydrogen-bond donors (Lipinski definition) is 2. The van der Waals surface area contributed by atoms with Gasteiger partial charge in [0.1, 0.15) is 0 Å². The fourth-order valence-electron chi connectivity index (χ4n) is 2.13. The summed E-state index contributed by atoms with van der Waals surface area (Å²) >= 11 is 2.20. The van der Waals surface area contributed by atoms with Crippen molar-refractivity contribution >= 4 is 28.5 Å². The van der Waals surface area contributed by atoms with Gasteiger partial charge in [-0.2, -0.15) is 5.10 Å². The van der Waals surface area contributed by atoms with Crippen LogP contribution in [0.1, 0.15) is 15.9 Å². The Labute approximate surface area is 142 Å². The van der Waals surface area contributed by atoms with Crippen molar-refractivity contribution in [2.75, 3.05) is 0 Å². The lowest BCUT2D eigenvalue weighted by atomic mass is 10.1. The maximum atomic E-state index is 12.1. The second kappa shape index (κ2) is 6.74. The fourth-order valence-corrected chi connectivity index (χ4v) is 2.68. The molecule has 0 spiro atoms. The number of carbonyl (C=O) groups excluding carboxylic acids is 1. The summed E-state index contributed by atoms with van der Waals surface area (Å²) in [6, 6.07) is 17.5. The smallest absolute Gasteiger partial charge is 0.251 e. The normalized spacial score (nSPS) is 10.4. The third-order valence-electron chi connectivity index (χ3n) is 3.31. The zero-order valence-electron chi connectivity index (χ0n) is 11.7. The zero-order valence-corrected chi connectivity index (χ0v) is 13.9. The Balaban J connectivity index is 1.63. The third-order valence-corrected chi connectivity index (χ3v) is 3.98. The molecule has 1 heterocycles. The average molecular weight is 403 g/mol. The third kappa shape index (κ3) is 3.54. The topological polar surface area (TPSA) is 57.8 Å². The number of rotatable bonds is 4. The van der Waals surface area contributed by atoms with Gasteiger partial charge in [-0.15, -0.1) is 0 Å². The monoisotopic (exact) mass is 403 g/mol. The molecule has 0 aliphatic carbocycles. The molecule has 2 aromatic carbocycles. The first kappa shape index (κ1) is 14.8. The van der Waals surface area contributed by atoms with E-state index >= 15 is 0 Å². The van der Waals surface area contributed by atoms with Crippen LogP contribution in [0.4, 0.5) is 0 Å². The van der Waals surface area contributed by atoms with Gasteiger partial charge in [0.2, 0.25) is 0 Å². The van der Waals surface area contributed by atoms with Gasteiger partial charge in [-0.05, 0) is 58.0 Å². The van der Waals surface area contributed by atoms with Crippen LogP contribution in [0.25, 0.3) is 11.3 Å². The van der Waals surface area contributed by atoms with Crippen LogP contribution in [-0.4, -0.2) is 16.1 Å². The minimum Gasteiger partial charge on any atom is -0.348 e. The highest BCUT2D eigenvalue weighted by Gasteiger charge is 2.05. The lowest BCUT2D eigenvalue weighted by molar-refractivity contribution is 0.0951. The van der Waals surface area contributed by atoms with Crippen LogP contribution < -0.4 is 5.32 Å². The summed E-state index contributed by atoms with van der Waals surface area (Å²) in [5, 5.41) is 9.80. The molecule has 0 bridgehead atoms. The van der Waals surface area contributed by atoms with Gasteiger partial charge in [0.15, 0.2) is 0 Å². The van der Waals surface area contributed by atoms with E-state index in [2.05, 4.69) is 38.1 Å². The summed E-state index contributed by atoms with van der Waals surface area (Å²) in [5.74, 6) is -0.0591. The van der Waals surface area contributed by atoms with Gasteiger partial charge in [-0.1, -0.05) is 30.3 Å². The van der Waals surface area contributed by atoms with Gasteiger partial charge in [0, 0.05) is 21.9 Å². The number of hydrogen-bond acceptors (Lipinski definition) is 2. The van der Waals surface area contributed by atoms with Crippen molar-refractivity contribution in [2.24, 2.45) is 0 Å². The van der Waals surface area contributed by atoms with Gasteiger partial charge in [-0.3, -0.25) is 9.89 Å². The molecule has 2 N–H and O–H groups in total. The Hall–Kier alpha value is -2.15. The molecule has 5 heteroatoms. The summed E-state index contributed by atoms with van der Waals surface area (Å²) in [7, 11) is 0. The molecule has 0 aliphatic rings. The fraction of sp³-hybridized carbons (Fsp3) is 0.0588. The van der Waals surface area contributed by atoms with E-state index in [1.54, 1.807) is 6.20 Å². The molecule has 3 aromatic rings. The molecule has 1 aromatic heterocycles. The molecule has 1 amide bonds. The van der Waals surface area contributed by atoms with E-state index in [1.807, 2.05) is 54.6 Å². The molecule has 0 saturated heterocycles. The van der Waals surface area contributed by atoms with E-state index in [9.17, 15) is 4.79 Å². The maximum Gasteiger partial charge on any atom is 0.251 e. The molecule has 4 nitrogen and oxygen atoms in total. The van der Waals surface area contributed by atoms with E-state index in [0.29, 0.717) is 12.1 Å². The first-order valence-electron chi connectivity index (χ1n) is 6.85. The van der Waals surface area contributed by atoms with Gasteiger partial charge in [-0.25, -0.2) is 0 Å². The van der Waals surface area contributed by atoms with E-state index in [-0.39, 0.29) is 5.91 Å². The van der Waals surface area contributed by atoms with Crippen LogP contribution in [0.15, 0.2) is 60.8 Å². The Morgan fingerprint density at radius 3 is 2.64 bits per heavy atom. The number of halogens is 1. The van der Waals surface area contributed by atoms with Crippen LogP contribution in [0.2, 0.25) is 0 Å². The lowest BCUT2D eigenvalue weighted by Gasteiger charge is -2.06. The van der Waals surface area contributed by atoms with Crippen LogP contribution in [0.5, 0.6) is 0 Å². The summed E-state index contributed by atoms with van der Waals surface area (Å²) in [6.07, 6.45) is 1.73. The highest BCUT2D eigenvalue weighted by Crippen LogP contribution is 2.16. The van der Waals surface area contributed by atoms with Crippen molar-refractivity contribution in [3.63, 3.8) is 0 Å². The molecule has 0 radical (unpaired) electrons. The molecule has 0 atom stereocenters. The number of aromatic nitrogens is 2. The first-order chi connectivity index (χ1) is 10.7. The van der Waals surface area contributed by atoms with Crippen LogP contribution in [0.3, 0.4) is 0 Å². The van der Waals surface area contributed by atoms with Crippen LogP contribution in [0, 0.1) is 3.57 Å². The summed E-state index contributed by atoms with van der Waals surface area (Å²) in [4.78, 5) is 12.1. The van der Waals surface area contributed by atoms with Crippen molar-refractivity contribution in [1.29, 1.82) is 0 Å². The van der Waals surface area contributed by atoms with E-state index in [1.165, 1.54) is 0 Å². The quantitative estimate of drug-likeness (QED) is 0.654. The Bertz CT molecular complexity index is 767. The molecular weight excluding hydrogens is 389 g/mol. The van der Waals surface area contributed by atoms with E-state index in [0.717, 1.165) is 20.4 Å². The minimum atomic E-state index is -0.0591. The highest BCUT2D eigenvalue weighted by molar-refractivity contribution is 14.1. The van der Waals surface area contributed by atoms with E-state index in [4.69, 9.17) is 0 Å². The second-order valence-electron chi connectivity index (χ2n) is 4.86. The van der Waals surface area contributed by atoms with Gasteiger partial charge in [0.05, 0.1) is 5.69 Å². The van der Waals surface area contributed by atoms with Crippen molar-refractivity contribution in [3.05, 3.63) is 75.5 Å². The number of benzene rings is 2. The SMILES string of the molecule is O=C(NCc1ccc(-c2ccn[nH]2)cc1)c1cccc(I)c1. The lowest BCUT2D eigenvalue weighted by Crippen LogP contribution is -2.22. The van der Waals surface area contributed by atoms with Gasteiger partial charge < -0.3 is 5.32 Å². The summed E-state index contributed by atoms with van der Waals surface area (Å²) in [6.45, 7) is 0.508. The largest absolute Gasteiger partial charge is 0.348 e. The Morgan fingerprint density at radius 2 is 1.95 bits per heavy atom. The number of amides is 1. The number of carbonyl (C=O) groups is 1. The van der Waals surface area contributed by atoms with Gasteiger partial charge >= 0.3 is 0 Å². The minimum absolute atomic E-state index is 0.0591. The van der Waals surface area contributed by atoms with Crippen molar-refractivity contribution < 1.29 is 4.79 Å². The summed E-state index contributed by atoms with van der Waals surface area (Å²) < 4.78 is 1.05. The summed E-state index contributed by atoms with van der Waals surface area (Å²) in [5.41, 5.74) is 3.79. The van der Waals surface area contributed by atoms with Crippen LogP contribution in [-0.2, 0) is 6.54 Å². The number of aromatic amines is 1. The molecular formula is C17H14IN3O. The molecule has 0 aliphatic heterocycles. The molecule has 0 saturated carbocycles.